The minimum atomic E-state index is -3.54. The number of aliphatic imine (C=N–C) groups is 1. The van der Waals surface area contributed by atoms with Crippen molar-refractivity contribution in [1.29, 1.82) is 5.26 Å². The van der Waals surface area contributed by atoms with Gasteiger partial charge in [0.25, 0.3) is 0 Å². The van der Waals surface area contributed by atoms with Crippen molar-refractivity contribution in [2.75, 3.05) is 33.8 Å². The van der Waals surface area contributed by atoms with E-state index < -0.39 is 15.6 Å². The van der Waals surface area contributed by atoms with Gasteiger partial charge >= 0.3 is 0 Å². The fourth-order valence-corrected chi connectivity index (χ4v) is 6.25. The number of nitrogens with zero attached hydrogens (tertiary/aromatic N) is 6. The van der Waals surface area contributed by atoms with Gasteiger partial charge in [-0.3, -0.25) is 14.1 Å². The first-order valence-electron chi connectivity index (χ1n) is 13.3. The molecule has 2 aliphatic heterocycles. The van der Waals surface area contributed by atoms with Crippen LogP contribution in [0.5, 0.6) is 0 Å². The SMILES string of the molecule is CC1(C)COC(c2nnc(NC(=O)C3CC3)cc2Nc2ccc(-c3ccc(C#N)cn3)cc2N2CCCS2(=O)=O)=N1. The molecule has 210 valence electrons. The van der Waals surface area contributed by atoms with Crippen LogP contribution in [0.25, 0.3) is 11.3 Å². The lowest BCUT2D eigenvalue weighted by Crippen LogP contribution is -2.26. The third kappa shape index (κ3) is 5.55. The number of rotatable bonds is 7. The number of nitriles is 1. The molecule has 0 spiro atoms. The Labute approximate surface area is 237 Å². The van der Waals surface area contributed by atoms with Crippen LogP contribution in [0.4, 0.5) is 22.9 Å². The molecular formula is C28H28N8O4S. The summed E-state index contributed by atoms with van der Waals surface area (Å²) < 4.78 is 33.3. The molecule has 0 radical (unpaired) electrons. The van der Waals surface area contributed by atoms with Gasteiger partial charge in [0.15, 0.2) is 11.5 Å². The molecule has 1 aliphatic carbocycles. The second-order valence-electron chi connectivity index (χ2n) is 10.9. The Kier molecular flexibility index (Phi) is 6.57. The Bertz CT molecular complexity index is 1710. The van der Waals surface area contributed by atoms with Gasteiger partial charge in [0.1, 0.15) is 12.7 Å². The minimum absolute atomic E-state index is 0.0217. The number of amides is 1. The van der Waals surface area contributed by atoms with Crippen LogP contribution in [0, 0.1) is 17.2 Å². The summed E-state index contributed by atoms with van der Waals surface area (Å²) >= 11 is 0. The zero-order valence-corrected chi connectivity index (χ0v) is 23.4. The van der Waals surface area contributed by atoms with Gasteiger partial charge in [0.2, 0.25) is 21.8 Å². The number of hydrogen-bond donors (Lipinski definition) is 2. The molecule has 0 unspecified atom stereocenters. The van der Waals surface area contributed by atoms with Gasteiger partial charge in [-0.2, -0.15) is 5.26 Å². The second kappa shape index (κ2) is 10.1. The van der Waals surface area contributed by atoms with Crippen LogP contribution in [-0.2, 0) is 19.6 Å². The Balaban J connectivity index is 1.43. The Morgan fingerprint density at radius 2 is 1.98 bits per heavy atom. The van der Waals surface area contributed by atoms with E-state index in [1.54, 1.807) is 30.3 Å². The number of anilines is 4. The van der Waals surface area contributed by atoms with Crippen LogP contribution in [0.3, 0.4) is 0 Å². The highest BCUT2D eigenvalue weighted by atomic mass is 32.2. The highest BCUT2D eigenvalue weighted by Gasteiger charge is 2.33. The van der Waals surface area contributed by atoms with Gasteiger partial charge in [-0.1, -0.05) is 6.07 Å². The van der Waals surface area contributed by atoms with Crippen molar-refractivity contribution >= 4 is 44.7 Å². The molecule has 13 heteroatoms. The van der Waals surface area contributed by atoms with Crippen molar-refractivity contribution in [3.8, 4) is 17.3 Å². The number of sulfonamides is 1. The van der Waals surface area contributed by atoms with Crippen LogP contribution < -0.4 is 14.9 Å². The van der Waals surface area contributed by atoms with E-state index >= 15 is 0 Å². The maximum Gasteiger partial charge on any atom is 0.240 e. The van der Waals surface area contributed by atoms with E-state index in [2.05, 4.69) is 36.9 Å². The predicted octanol–water partition coefficient (Wildman–Crippen LogP) is 3.60. The maximum atomic E-state index is 13.0. The normalized spacial score (nSPS) is 18.8. The number of pyridine rings is 1. The van der Waals surface area contributed by atoms with Crippen molar-refractivity contribution in [1.82, 2.24) is 15.2 Å². The molecule has 2 fully saturated rings. The fourth-order valence-electron chi connectivity index (χ4n) is 4.67. The molecule has 0 bridgehead atoms. The van der Waals surface area contributed by atoms with Gasteiger partial charge in [-0.15, -0.1) is 10.2 Å². The molecule has 41 heavy (non-hydrogen) atoms. The smallest absolute Gasteiger partial charge is 0.240 e. The maximum absolute atomic E-state index is 13.0. The number of carbonyl (C=O) groups is 1. The number of benzene rings is 1. The fraction of sp³-hybridized carbons (Fsp3) is 0.357. The van der Waals surface area contributed by atoms with E-state index in [1.807, 2.05) is 19.9 Å². The largest absolute Gasteiger partial charge is 0.474 e. The summed E-state index contributed by atoms with van der Waals surface area (Å²) in [4.78, 5) is 21.5. The first-order chi connectivity index (χ1) is 19.6. The lowest BCUT2D eigenvalue weighted by molar-refractivity contribution is -0.117. The Morgan fingerprint density at radius 1 is 1.15 bits per heavy atom. The summed E-state index contributed by atoms with van der Waals surface area (Å²) in [5.41, 5.74) is 2.99. The van der Waals surface area contributed by atoms with Crippen molar-refractivity contribution < 1.29 is 17.9 Å². The summed E-state index contributed by atoms with van der Waals surface area (Å²) in [5, 5.41) is 23.8. The highest BCUT2D eigenvalue weighted by molar-refractivity contribution is 7.93. The third-order valence-electron chi connectivity index (χ3n) is 6.99. The van der Waals surface area contributed by atoms with E-state index in [-0.39, 0.29) is 23.4 Å². The predicted molar refractivity (Wildman–Crippen MR) is 153 cm³/mol. The standard InChI is InChI=1S/C28H28N8O4S/c1-28(2)16-40-27(33-28)25-22(13-24(34-35-25)32-26(37)18-5-6-18)31-21-9-7-19(20-8-4-17(14-29)15-30-20)12-23(21)36-10-3-11-41(36,38)39/h4,7-9,12-13,15,18H,3,5-6,10-11,16H2,1-2H3,(H2,31,32,34,37). The van der Waals surface area contributed by atoms with E-state index in [4.69, 9.17) is 10.00 Å². The number of nitrogens with one attached hydrogen (secondary N) is 2. The molecule has 1 amide bonds. The molecule has 3 aromatic rings. The molecule has 1 saturated carbocycles. The van der Waals surface area contributed by atoms with E-state index in [1.165, 1.54) is 10.5 Å². The van der Waals surface area contributed by atoms with Crippen LogP contribution >= 0.6 is 0 Å². The Hall–Kier alpha value is -4.57. The van der Waals surface area contributed by atoms with Crippen molar-refractivity contribution in [3.63, 3.8) is 0 Å². The zero-order valence-electron chi connectivity index (χ0n) is 22.6. The van der Waals surface area contributed by atoms with E-state index in [9.17, 15) is 13.2 Å². The number of hydrogen-bond acceptors (Lipinski definition) is 10. The quantitative estimate of drug-likeness (QED) is 0.431. The summed E-state index contributed by atoms with van der Waals surface area (Å²) in [6.07, 6.45) is 3.66. The number of aromatic nitrogens is 3. The summed E-state index contributed by atoms with van der Waals surface area (Å²) in [5.74, 6) is 0.479. The number of ether oxygens (including phenoxy) is 1. The zero-order chi connectivity index (χ0) is 28.8. The summed E-state index contributed by atoms with van der Waals surface area (Å²) in [7, 11) is -3.54. The summed E-state index contributed by atoms with van der Waals surface area (Å²) in [6, 6.07) is 12.4. The lowest BCUT2D eigenvalue weighted by Gasteiger charge is -2.23. The lowest BCUT2D eigenvalue weighted by atomic mass is 10.1. The molecule has 1 aromatic carbocycles. The van der Waals surface area contributed by atoms with E-state index in [0.717, 1.165) is 12.8 Å². The first-order valence-corrected chi connectivity index (χ1v) is 14.9. The van der Waals surface area contributed by atoms with Crippen molar-refractivity contribution in [3.05, 3.63) is 53.9 Å². The van der Waals surface area contributed by atoms with Crippen LogP contribution in [0.1, 0.15) is 44.4 Å². The van der Waals surface area contributed by atoms with Crippen LogP contribution in [0.2, 0.25) is 0 Å². The molecule has 2 N–H and O–H groups in total. The van der Waals surface area contributed by atoms with Gasteiger partial charge in [-0.25, -0.2) is 13.4 Å². The van der Waals surface area contributed by atoms with Gasteiger partial charge in [0.05, 0.1) is 39.6 Å². The number of carbonyl (C=O) groups excluding carboxylic acids is 1. The summed E-state index contributed by atoms with van der Waals surface area (Å²) in [6.45, 7) is 4.58. The average Bonchev–Trinajstić information content (AvgIpc) is 3.66. The molecule has 0 atom stereocenters. The van der Waals surface area contributed by atoms with Gasteiger partial charge in [0, 0.05) is 30.3 Å². The minimum Gasteiger partial charge on any atom is -0.474 e. The molecule has 6 rings (SSSR count). The molecule has 1 saturated heterocycles. The van der Waals surface area contributed by atoms with E-state index in [0.29, 0.717) is 65.0 Å². The van der Waals surface area contributed by atoms with Crippen molar-refractivity contribution in [2.24, 2.45) is 10.9 Å². The van der Waals surface area contributed by atoms with Gasteiger partial charge in [-0.05, 0) is 57.4 Å². The first kappa shape index (κ1) is 26.6. The molecule has 3 aliphatic rings. The average molecular weight is 573 g/mol. The van der Waals surface area contributed by atoms with Crippen LogP contribution in [0.15, 0.2) is 47.6 Å². The highest BCUT2D eigenvalue weighted by Crippen LogP contribution is 2.38. The molecule has 12 nitrogen and oxygen atoms in total. The monoisotopic (exact) mass is 572 g/mol. The topological polar surface area (TPSA) is 163 Å². The second-order valence-corrected chi connectivity index (χ2v) is 12.9. The van der Waals surface area contributed by atoms with Crippen LogP contribution in [-0.4, -0.2) is 59.8 Å². The molecular weight excluding hydrogens is 544 g/mol. The third-order valence-corrected chi connectivity index (χ3v) is 8.84. The Morgan fingerprint density at radius 3 is 2.61 bits per heavy atom. The molecule has 4 heterocycles. The van der Waals surface area contributed by atoms with Crippen molar-refractivity contribution in [2.45, 2.75) is 38.6 Å². The molecule has 2 aromatic heterocycles. The van der Waals surface area contributed by atoms with Gasteiger partial charge < -0.3 is 15.4 Å².